The number of fused-ring (bicyclic) bond motifs is 1. The average molecular weight is 443 g/mol. The van der Waals surface area contributed by atoms with Crippen LogP contribution in [0.25, 0.3) is 22.0 Å². The van der Waals surface area contributed by atoms with Gasteiger partial charge in [0.2, 0.25) is 5.91 Å². The maximum absolute atomic E-state index is 14.3. The van der Waals surface area contributed by atoms with Crippen molar-refractivity contribution >= 4 is 34.2 Å². The third-order valence-electron chi connectivity index (χ3n) is 5.64. The maximum Gasteiger partial charge on any atom is 0.246 e. The molecule has 1 saturated heterocycles. The van der Waals surface area contributed by atoms with Crippen LogP contribution in [0.2, 0.25) is 5.02 Å². The molecule has 1 fully saturated rings. The second-order valence-electron chi connectivity index (χ2n) is 7.41. The smallest absolute Gasteiger partial charge is 0.246 e. The Morgan fingerprint density at radius 3 is 2.74 bits per heavy atom. The lowest BCUT2D eigenvalue weighted by Crippen LogP contribution is -2.55. The zero-order valence-corrected chi connectivity index (χ0v) is 17.7. The van der Waals surface area contributed by atoms with Gasteiger partial charge in [0.25, 0.3) is 0 Å². The van der Waals surface area contributed by atoms with Gasteiger partial charge in [-0.3, -0.25) is 4.79 Å². The van der Waals surface area contributed by atoms with Gasteiger partial charge in [0, 0.05) is 53.3 Å². The number of benzene rings is 2. The Hall–Kier alpha value is -3.06. The highest BCUT2D eigenvalue weighted by molar-refractivity contribution is 6.34. The van der Waals surface area contributed by atoms with E-state index in [4.69, 9.17) is 11.6 Å². The van der Waals surface area contributed by atoms with Crippen LogP contribution in [0, 0.1) is 11.6 Å². The molecule has 8 heteroatoms. The van der Waals surface area contributed by atoms with Crippen molar-refractivity contribution in [1.29, 1.82) is 0 Å². The van der Waals surface area contributed by atoms with Crippen LogP contribution in [-0.4, -0.2) is 46.5 Å². The van der Waals surface area contributed by atoms with Crippen LogP contribution in [-0.2, 0) is 4.79 Å². The van der Waals surface area contributed by atoms with Crippen LogP contribution in [0.5, 0.6) is 0 Å². The summed E-state index contributed by atoms with van der Waals surface area (Å²) in [6.07, 6.45) is 3.60. The summed E-state index contributed by atoms with van der Waals surface area (Å²) in [5, 5.41) is 1.05. The topological polar surface area (TPSA) is 49.3 Å². The number of hydrogen-bond donors (Lipinski definition) is 0. The normalized spacial score (nSPS) is 16.6. The molecule has 1 unspecified atom stereocenters. The number of nitrogens with zero attached hydrogens (tertiary/aromatic N) is 4. The van der Waals surface area contributed by atoms with Crippen LogP contribution < -0.4 is 4.90 Å². The van der Waals surface area contributed by atoms with Gasteiger partial charge in [-0.25, -0.2) is 18.7 Å². The number of halogens is 3. The zero-order chi connectivity index (χ0) is 22.1. The fourth-order valence-electron chi connectivity index (χ4n) is 4.03. The fourth-order valence-corrected chi connectivity index (χ4v) is 4.30. The summed E-state index contributed by atoms with van der Waals surface area (Å²) < 4.78 is 27.6. The molecule has 0 spiro atoms. The van der Waals surface area contributed by atoms with Gasteiger partial charge in [0.1, 0.15) is 23.8 Å². The van der Waals surface area contributed by atoms with E-state index in [1.165, 1.54) is 24.5 Å². The molecule has 1 aliphatic rings. The first-order chi connectivity index (χ1) is 14.9. The molecule has 0 bridgehead atoms. The highest BCUT2D eigenvalue weighted by Crippen LogP contribution is 2.36. The van der Waals surface area contributed by atoms with Gasteiger partial charge < -0.3 is 9.80 Å². The van der Waals surface area contributed by atoms with Crippen molar-refractivity contribution in [3.63, 3.8) is 0 Å². The Balaban J connectivity index is 1.73. The first-order valence-corrected chi connectivity index (χ1v) is 10.4. The van der Waals surface area contributed by atoms with Gasteiger partial charge in [-0.15, -0.1) is 0 Å². The van der Waals surface area contributed by atoms with E-state index in [0.717, 1.165) is 17.9 Å². The van der Waals surface area contributed by atoms with E-state index in [0.29, 0.717) is 41.6 Å². The van der Waals surface area contributed by atoms with Crippen LogP contribution in [0.1, 0.15) is 13.3 Å². The standard InChI is InChI=1S/C23H21ClF2N4O/c1-3-15-12-29(7-8-30(15)22(31)4-2)23-18-10-19(24)17(11-21(18)27-13-28-23)16-6-5-14(25)9-20(16)26/h4-6,9-11,13,15H,2-3,7-8,12H2,1H3. The van der Waals surface area contributed by atoms with Crippen molar-refractivity contribution in [2.45, 2.75) is 19.4 Å². The van der Waals surface area contributed by atoms with Crippen molar-refractivity contribution < 1.29 is 13.6 Å². The summed E-state index contributed by atoms with van der Waals surface area (Å²) >= 11 is 6.50. The molecule has 1 amide bonds. The number of carbonyl (C=O) groups excluding carboxylic acids is 1. The number of anilines is 1. The largest absolute Gasteiger partial charge is 0.352 e. The average Bonchev–Trinajstić information content (AvgIpc) is 2.77. The van der Waals surface area contributed by atoms with Crippen molar-refractivity contribution in [3.05, 3.63) is 66.0 Å². The Kier molecular flexibility index (Phi) is 5.87. The van der Waals surface area contributed by atoms with Crippen molar-refractivity contribution in [3.8, 4) is 11.1 Å². The molecule has 4 rings (SSSR count). The van der Waals surface area contributed by atoms with E-state index in [1.807, 2.05) is 11.8 Å². The molecule has 3 aromatic rings. The van der Waals surface area contributed by atoms with Crippen molar-refractivity contribution in [2.24, 2.45) is 0 Å². The van der Waals surface area contributed by atoms with Gasteiger partial charge in [-0.2, -0.15) is 0 Å². The molecule has 5 nitrogen and oxygen atoms in total. The Bertz CT molecular complexity index is 1170. The molecule has 160 valence electrons. The van der Waals surface area contributed by atoms with E-state index in [9.17, 15) is 13.6 Å². The molecule has 2 aromatic carbocycles. The predicted octanol–water partition coefficient (Wildman–Crippen LogP) is 4.84. The van der Waals surface area contributed by atoms with E-state index in [-0.39, 0.29) is 17.5 Å². The second kappa shape index (κ2) is 8.59. The zero-order valence-electron chi connectivity index (χ0n) is 17.0. The first kappa shape index (κ1) is 21.2. The van der Waals surface area contributed by atoms with E-state index in [2.05, 4.69) is 21.4 Å². The lowest BCUT2D eigenvalue weighted by molar-refractivity contribution is -0.128. The number of amides is 1. The summed E-state index contributed by atoms with van der Waals surface area (Å²) in [4.78, 5) is 24.9. The minimum Gasteiger partial charge on any atom is -0.352 e. The van der Waals surface area contributed by atoms with E-state index >= 15 is 0 Å². The number of aromatic nitrogens is 2. The molecule has 1 aromatic heterocycles. The summed E-state index contributed by atoms with van der Waals surface area (Å²) in [6, 6.07) is 6.82. The number of piperazine rings is 1. The summed E-state index contributed by atoms with van der Waals surface area (Å²) in [7, 11) is 0. The molecule has 2 heterocycles. The van der Waals surface area contributed by atoms with Gasteiger partial charge in [-0.05, 0) is 36.8 Å². The molecular formula is C23H21ClF2N4O. The minimum atomic E-state index is -0.690. The quantitative estimate of drug-likeness (QED) is 0.542. The molecule has 0 saturated carbocycles. The van der Waals surface area contributed by atoms with Crippen LogP contribution in [0.4, 0.5) is 14.6 Å². The number of hydrogen-bond acceptors (Lipinski definition) is 4. The SMILES string of the molecule is C=CC(=O)N1CCN(c2ncnc3cc(-c4ccc(F)cc4F)c(Cl)cc23)CC1CC. The van der Waals surface area contributed by atoms with Crippen molar-refractivity contribution in [2.75, 3.05) is 24.5 Å². The highest BCUT2D eigenvalue weighted by atomic mass is 35.5. The first-order valence-electron chi connectivity index (χ1n) is 10.0. The third-order valence-corrected chi connectivity index (χ3v) is 5.95. The minimum absolute atomic E-state index is 0.0346. The Morgan fingerprint density at radius 1 is 1.23 bits per heavy atom. The van der Waals surface area contributed by atoms with Gasteiger partial charge in [0.05, 0.1) is 5.52 Å². The molecule has 0 radical (unpaired) electrons. The molecule has 1 aliphatic heterocycles. The molecular weight excluding hydrogens is 422 g/mol. The van der Waals surface area contributed by atoms with Gasteiger partial charge >= 0.3 is 0 Å². The monoisotopic (exact) mass is 442 g/mol. The molecule has 0 N–H and O–H groups in total. The van der Waals surface area contributed by atoms with E-state index < -0.39 is 11.6 Å². The van der Waals surface area contributed by atoms with Crippen LogP contribution >= 0.6 is 11.6 Å². The third kappa shape index (κ3) is 3.97. The second-order valence-corrected chi connectivity index (χ2v) is 7.82. The fraction of sp³-hybridized carbons (Fsp3) is 0.261. The Morgan fingerprint density at radius 2 is 2.03 bits per heavy atom. The summed E-state index contributed by atoms with van der Waals surface area (Å²) in [5.74, 6) is -0.707. The summed E-state index contributed by atoms with van der Waals surface area (Å²) in [5.41, 5.74) is 1.24. The lowest BCUT2D eigenvalue weighted by atomic mass is 10.0. The molecule has 0 aliphatic carbocycles. The van der Waals surface area contributed by atoms with Gasteiger partial charge in [0.15, 0.2) is 0 Å². The maximum atomic E-state index is 14.3. The number of carbonyl (C=O) groups is 1. The van der Waals surface area contributed by atoms with Gasteiger partial charge in [-0.1, -0.05) is 25.1 Å². The lowest BCUT2D eigenvalue weighted by Gasteiger charge is -2.41. The van der Waals surface area contributed by atoms with E-state index in [1.54, 1.807) is 12.1 Å². The van der Waals surface area contributed by atoms with Crippen LogP contribution in [0.15, 0.2) is 49.3 Å². The van der Waals surface area contributed by atoms with Crippen LogP contribution in [0.3, 0.4) is 0 Å². The van der Waals surface area contributed by atoms with Crippen molar-refractivity contribution in [1.82, 2.24) is 14.9 Å². The predicted molar refractivity (Wildman–Crippen MR) is 118 cm³/mol. The summed E-state index contributed by atoms with van der Waals surface area (Å²) in [6.45, 7) is 7.41. The Labute approximate surface area is 184 Å². The molecule has 31 heavy (non-hydrogen) atoms. The highest BCUT2D eigenvalue weighted by Gasteiger charge is 2.29. The molecule has 1 atom stereocenters. The number of rotatable bonds is 4.